The van der Waals surface area contributed by atoms with Gasteiger partial charge in [-0.15, -0.1) is 0 Å². The van der Waals surface area contributed by atoms with Crippen LogP contribution in [0.5, 0.6) is 11.5 Å². The molecular weight excluding hydrogens is 236 g/mol. The van der Waals surface area contributed by atoms with Crippen molar-refractivity contribution < 1.29 is 24.5 Å². The second-order valence-corrected chi connectivity index (χ2v) is 3.63. The molecule has 0 radical (unpaired) electrons. The van der Waals surface area contributed by atoms with Crippen LogP contribution in [0.25, 0.3) is 0 Å². The molecule has 1 aliphatic heterocycles. The first kappa shape index (κ1) is 11.0. The van der Waals surface area contributed by atoms with Crippen LogP contribution in [0.3, 0.4) is 0 Å². The average molecular weight is 245 g/mol. The van der Waals surface area contributed by atoms with E-state index in [1.165, 1.54) is 6.07 Å². The number of halogens is 1. The first-order chi connectivity index (χ1) is 7.61. The molecule has 6 heteroatoms. The summed E-state index contributed by atoms with van der Waals surface area (Å²) in [6.07, 6.45) is -1.72. The van der Waals surface area contributed by atoms with Crippen LogP contribution in [0.2, 0.25) is 5.02 Å². The van der Waals surface area contributed by atoms with Crippen molar-refractivity contribution in [3.05, 3.63) is 22.7 Å². The molecule has 5 nitrogen and oxygen atoms in total. The highest BCUT2D eigenvalue weighted by Crippen LogP contribution is 2.41. The topological polar surface area (TPSA) is 76.0 Å². The molecule has 1 aromatic rings. The molecule has 0 bridgehead atoms. The van der Waals surface area contributed by atoms with Crippen molar-refractivity contribution in [2.24, 2.45) is 0 Å². The number of benzene rings is 1. The van der Waals surface area contributed by atoms with E-state index in [9.17, 15) is 9.90 Å². The van der Waals surface area contributed by atoms with Gasteiger partial charge in [0.1, 0.15) is 13.2 Å². The van der Waals surface area contributed by atoms with Gasteiger partial charge in [-0.05, 0) is 12.1 Å². The van der Waals surface area contributed by atoms with E-state index in [1.807, 2.05) is 0 Å². The lowest BCUT2D eigenvalue weighted by atomic mass is 10.1. The highest BCUT2D eigenvalue weighted by molar-refractivity contribution is 6.32. The molecule has 1 unspecified atom stereocenters. The Bertz CT molecular complexity index is 431. The smallest absolute Gasteiger partial charge is 0.337 e. The summed E-state index contributed by atoms with van der Waals surface area (Å²) in [6, 6.07) is 3.05. The maximum absolute atomic E-state index is 10.7. The Morgan fingerprint density at radius 2 is 2.06 bits per heavy atom. The van der Waals surface area contributed by atoms with Crippen molar-refractivity contribution in [2.75, 3.05) is 13.2 Å². The van der Waals surface area contributed by atoms with Crippen molar-refractivity contribution in [3.63, 3.8) is 0 Å². The van der Waals surface area contributed by atoms with Gasteiger partial charge in [0.05, 0.1) is 10.6 Å². The zero-order valence-corrected chi connectivity index (χ0v) is 8.90. The molecule has 1 aromatic carbocycles. The van der Waals surface area contributed by atoms with Crippen molar-refractivity contribution in [1.29, 1.82) is 0 Å². The van der Waals surface area contributed by atoms with Gasteiger partial charge < -0.3 is 19.7 Å². The third-order valence-electron chi connectivity index (χ3n) is 2.20. The number of rotatable bonds is 2. The van der Waals surface area contributed by atoms with E-state index in [4.69, 9.17) is 26.2 Å². The van der Waals surface area contributed by atoms with Gasteiger partial charge in [-0.1, -0.05) is 11.6 Å². The number of aliphatic hydroxyl groups excluding tert-OH is 1. The summed E-state index contributed by atoms with van der Waals surface area (Å²) in [5, 5.41) is 18.4. The highest BCUT2D eigenvalue weighted by atomic mass is 35.5. The van der Waals surface area contributed by atoms with E-state index in [0.29, 0.717) is 19.0 Å². The van der Waals surface area contributed by atoms with Gasteiger partial charge in [0, 0.05) is 0 Å². The maximum Gasteiger partial charge on any atom is 0.337 e. The predicted octanol–water partition coefficient (Wildman–Crippen LogP) is 1.23. The normalized spacial score (nSPS) is 15.6. The van der Waals surface area contributed by atoms with Crippen LogP contribution < -0.4 is 9.47 Å². The molecule has 1 heterocycles. The first-order valence-corrected chi connectivity index (χ1v) is 4.98. The fraction of sp³-hybridized carbons (Fsp3) is 0.300. The van der Waals surface area contributed by atoms with E-state index < -0.39 is 12.1 Å². The quantitative estimate of drug-likeness (QED) is 0.818. The second-order valence-electron chi connectivity index (χ2n) is 3.23. The number of ether oxygens (including phenoxy) is 2. The Labute approximate surface area is 96.2 Å². The number of hydrogen-bond acceptors (Lipinski definition) is 4. The summed E-state index contributed by atoms with van der Waals surface area (Å²) in [5.41, 5.74) is 0.0337. The molecule has 1 aliphatic rings. The summed E-state index contributed by atoms with van der Waals surface area (Å²) in [7, 11) is 0. The molecule has 2 N–H and O–H groups in total. The van der Waals surface area contributed by atoms with Gasteiger partial charge >= 0.3 is 5.97 Å². The Balaban J connectivity index is 2.53. The van der Waals surface area contributed by atoms with E-state index in [2.05, 4.69) is 0 Å². The lowest BCUT2D eigenvalue weighted by Gasteiger charge is -2.22. The number of hydrogen-bond donors (Lipinski definition) is 2. The Hall–Kier alpha value is -1.46. The lowest BCUT2D eigenvalue weighted by Crippen LogP contribution is -2.19. The minimum absolute atomic E-state index is 0.0337. The average Bonchev–Trinajstić information content (AvgIpc) is 2.28. The minimum atomic E-state index is -1.72. The number of aliphatic hydroxyl groups is 1. The van der Waals surface area contributed by atoms with Crippen molar-refractivity contribution in [2.45, 2.75) is 6.10 Å². The van der Waals surface area contributed by atoms with E-state index in [0.717, 1.165) is 0 Å². The summed E-state index contributed by atoms with van der Waals surface area (Å²) < 4.78 is 10.5. The van der Waals surface area contributed by atoms with Crippen molar-refractivity contribution >= 4 is 17.6 Å². The predicted molar refractivity (Wildman–Crippen MR) is 55.0 cm³/mol. The largest absolute Gasteiger partial charge is 0.486 e. The van der Waals surface area contributed by atoms with Gasteiger partial charge in [-0.3, -0.25) is 0 Å². The van der Waals surface area contributed by atoms with Crippen molar-refractivity contribution in [1.82, 2.24) is 0 Å². The molecule has 2 rings (SSSR count). The van der Waals surface area contributed by atoms with Gasteiger partial charge in [-0.2, -0.15) is 0 Å². The van der Waals surface area contributed by atoms with E-state index >= 15 is 0 Å². The summed E-state index contributed by atoms with van der Waals surface area (Å²) in [4.78, 5) is 10.7. The van der Waals surface area contributed by atoms with Crippen LogP contribution in [-0.4, -0.2) is 29.4 Å². The molecule has 0 saturated carbocycles. The molecule has 0 amide bonds. The van der Waals surface area contributed by atoms with Crippen LogP contribution in [0.4, 0.5) is 0 Å². The summed E-state index contributed by atoms with van der Waals surface area (Å²) in [5.74, 6) is -0.788. The number of carboxylic acids is 1. The van der Waals surface area contributed by atoms with E-state index in [1.54, 1.807) is 6.07 Å². The lowest BCUT2D eigenvalue weighted by molar-refractivity contribution is -0.147. The standard InChI is InChI=1S/C10H9ClO5/c11-5-1-2-6-9(16-4-3-15-6)7(5)8(12)10(13)14/h1-2,8,12H,3-4H2,(H,13,14). The molecular formula is C10H9ClO5. The fourth-order valence-corrected chi connectivity index (χ4v) is 1.74. The van der Waals surface area contributed by atoms with Gasteiger partial charge in [0.2, 0.25) is 0 Å². The van der Waals surface area contributed by atoms with Gasteiger partial charge in [0.15, 0.2) is 17.6 Å². The van der Waals surface area contributed by atoms with Crippen LogP contribution >= 0.6 is 11.6 Å². The molecule has 0 fully saturated rings. The minimum Gasteiger partial charge on any atom is -0.486 e. The first-order valence-electron chi connectivity index (χ1n) is 4.60. The maximum atomic E-state index is 10.7. The second kappa shape index (κ2) is 4.19. The third-order valence-corrected chi connectivity index (χ3v) is 2.53. The molecule has 0 spiro atoms. The molecule has 0 saturated heterocycles. The Morgan fingerprint density at radius 3 is 2.75 bits per heavy atom. The number of carboxylic acid groups (broad SMARTS) is 1. The zero-order valence-electron chi connectivity index (χ0n) is 8.14. The van der Waals surface area contributed by atoms with Gasteiger partial charge in [-0.25, -0.2) is 4.79 Å². The third kappa shape index (κ3) is 1.79. The monoisotopic (exact) mass is 244 g/mol. The highest BCUT2D eigenvalue weighted by Gasteiger charge is 2.28. The van der Waals surface area contributed by atoms with Crippen LogP contribution in [-0.2, 0) is 4.79 Å². The fourth-order valence-electron chi connectivity index (χ4n) is 1.49. The molecule has 0 aliphatic carbocycles. The Morgan fingerprint density at radius 1 is 1.38 bits per heavy atom. The number of aliphatic carboxylic acids is 1. The van der Waals surface area contributed by atoms with Crippen LogP contribution in [0.1, 0.15) is 11.7 Å². The SMILES string of the molecule is O=C(O)C(O)c1c(Cl)ccc2c1OCCO2. The van der Waals surface area contributed by atoms with Gasteiger partial charge in [0.25, 0.3) is 0 Å². The summed E-state index contributed by atoms with van der Waals surface area (Å²) >= 11 is 5.84. The molecule has 1 atom stereocenters. The molecule has 86 valence electrons. The molecule has 0 aromatic heterocycles. The van der Waals surface area contributed by atoms with Crippen LogP contribution in [0, 0.1) is 0 Å². The Kier molecular flexibility index (Phi) is 2.89. The zero-order chi connectivity index (χ0) is 11.7. The number of fused-ring (bicyclic) bond motifs is 1. The molecule has 16 heavy (non-hydrogen) atoms. The van der Waals surface area contributed by atoms with Crippen molar-refractivity contribution in [3.8, 4) is 11.5 Å². The summed E-state index contributed by atoms with van der Waals surface area (Å²) in [6.45, 7) is 0.684. The van der Waals surface area contributed by atoms with E-state index in [-0.39, 0.29) is 16.3 Å². The number of carbonyl (C=O) groups is 1. The van der Waals surface area contributed by atoms with Crippen LogP contribution in [0.15, 0.2) is 12.1 Å².